The number of carbonyl (C=O) groups excluding carboxylic acids is 1. The number of nitro groups is 1. The zero-order chi connectivity index (χ0) is 18.7. The standard InChI is InChI=1S/C16H15N5O5/c1-2-26-15(22)13-12(9-18-23)19-16-17-6-7-20(16)14(13)10-4-3-5-11(8-10)21(24)25/h3-8,13-14H,2,9H2,1H3. The Balaban J connectivity index is 2.16. The molecule has 1 aliphatic rings. The monoisotopic (exact) mass is 357 g/mol. The second-order valence-corrected chi connectivity index (χ2v) is 5.55. The molecular formula is C16H15N5O5. The lowest BCUT2D eigenvalue weighted by molar-refractivity contribution is -0.384. The fourth-order valence-corrected chi connectivity index (χ4v) is 3.02. The number of hydrogen-bond donors (Lipinski definition) is 0. The molecule has 0 amide bonds. The first kappa shape index (κ1) is 17.4. The van der Waals surface area contributed by atoms with E-state index in [1.54, 1.807) is 23.8 Å². The van der Waals surface area contributed by atoms with Gasteiger partial charge in [-0.25, -0.2) is 9.98 Å². The van der Waals surface area contributed by atoms with Crippen molar-refractivity contribution in [3.8, 4) is 0 Å². The van der Waals surface area contributed by atoms with Crippen molar-refractivity contribution in [2.45, 2.75) is 13.0 Å². The molecule has 10 nitrogen and oxygen atoms in total. The van der Waals surface area contributed by atoms with Crippen LogP contribution in [0.15, 0.2) is 46.8 Å². The minimum Gasteiger partial charge on any atom is -0.465 e. The number of aliphatic imine (C=N–C) groups is 1. The van der Waals surface area contributed by atoms with E-state index >= 15 is 0 Å². The van der Waals surface area contributed by atoms with Crippen LogP contribution in [0, 0.1) is 20.9 Å². The van der Waals surface area contributed by atoms with Crippen LogP contribution in [0.25, 0.3) is 0 Å². The molecule has 0 bridgehead atoms. The summed E-state index contributed by atoms with van der Waals surface area (Å²) in [5.74, 6) is -1.22. The predicted molar refractivity (Wildman–Crippen MR) is 91.3 cm³/mol. The van der Waals surface area contributed by atoms with Gasteiger partial charge in [-0.1, -0.05) is 17.3 Å². The van der Waals surface area contributed by atoms with E-state index < -0.39 is 22.9 Å². The summed E-state index contributed by atoms with van der Waals surface area (Å²) in [6, 6.07) is 5.28. The van der Waals surface area contributed by atoms with Gasteiger partial charge in [0.2, 0.25) is 5.95 Å². The van der Waals surface area contributed by atoms with Crippen molar-refractivity contribution in [1.82, 2.24) is 9.55 Å². The summed E-state index contributed by atoms with van der Waals surface area (Å²) in [5, 5.41) is 14.0. The Hall–Kier alpha value is -3.43. The molecule has 26 heavy (non-hydrogen) atoms. The second-order valence-electron chi connectivity index (χ2n) is 5.55. The van der Waals surface area contributed by atoms with Gasteiger partial charge in [0.05, 0.1) is 23.3 Å². The van der Waals surface area contributed by atoms with E-state index in [1.165, 1.54) is 24.4 Å². The van der Waals surface area contributed by atoms with Crippen LogP contribution in [0.1, 0.15) is 18.5 Å². The Labute approximate surface area is 147 Å². The van der Waals surface area contributed by atoms with Crippen LogP contribution in [0.3, 0.4) is 0 Å². The molecule has 1 aromatic carbocycles. The molecule has 0 saturated heterocycles. The molecule has 2 heterocycles. The summed E-state index contributed by atoms with van der Waals surface area (Å²) >= 11 is 0. The highest BCUT2D eigenvalue weighted by Gasteiger charge is 2.41. The Kier molecular flexibility index (Phi) is 4.83. The van der Waals surface area contributed by atoms with Crippen molar-refractivity contribution in [1.29, 1.82) is 0 Å². The van der Waals surface area contributed by atoms with Crippen LogP contribution in [0.2, 0.25) is 0 Å². The molecule has 0 fully saturated rings. The summed E-state index contributed by atoms with van der Waals surface area (Å²) in [5.41, 5.74) is 0.618. The van der Waals surface area contributed by atoms with Crippen molar-refractivity contribution in [2.75, 3.05) is 13.2 Å². The first-order chi connectivity index (χ1) is 12.6. The van der Waals surface area contributed by atoms with Crippen LogP contribution < -0.4 is 0 Å². The lowest BCUT2D eigenvalue weighted by Crippen LogP contribution is -2.38. The molecule has 0 spiro atoms. The van der Waals surface area contributed by atoms with E-state index in [4.69, 9.17) is 4.74 Å². The minimum absolute atomic E-state index is 0.107. The number of non-ortho nitro benzene ring substituents is 1. The molecule has 0 N–H and O–H groups in total. The predicted octanol–water partition coefficient (Wildman–Crippen LogP) is 2.41. The van der Waals surface area contributed by atoms with Crippen molar-refractivity contribution in [3.63, 3.8) is 0 Å². The quantitative estimate of drug-likeness (QED) is 0.338. The number of aromatic nitrogens is 2. The highest BCUT2D eigenvalue weighted by Crippen LogP contribution is 2.37. The number of nitro benzene ring substituents is 1. The largest absolute Gasteiger partial charge is 0.465 e. The third-order valence-electron chi connectivity index (χ3n) is 4.06. The van der Waals surface area contributed by atoms with Gasteiger partial charge in [-0.3, -0.25) is 14.9 Å². The molecule has 10 heteroatoms. The van der Waals surface area contributed by atoms with Crippen LogP contribution in [0.4, 0.5) is 11.6 Å². The number of ether oxygens (including phenoxy) is 1. The number of benzene rings is 1. The SMILES string of the molecule is CCOC(=O)C1C(CN=O)=Nc2nccn2C1c1cccc([N+](=O)[O-])c1. The Morgan fingerprint density at radius 2 is 2.27 bits per heavy atom. The first-order valence-electron chi connectivity index (χ1n) is 7.87. The van der Waals surface area contributed by atoms with E-state index in [-0.39, 0.29) is 24.6 Å². The molecule has 0 aliphatic carbocycles. The maximum atomic E-state index is 12.6. The van der Waals surface area contributed by atoms with Crippen LogP contribution in [0.5, 0.6) is 0 Å². The normalized spacial score (nSPS) is 18.6. The molecule has 1 aromatic heterocycles. The van der Waals surface area contributed by atoms with Crippen molar-refractivity contribution in [3.05, 3.63) is 57.2 Å². The number of hydrogen-bond acceptors (Lipinski definition) is 8. The Morgan fingerprint density at radius 3 is 2.96 bits per heavy atom. The van der Waals surface area contributed by atoms with Gasteiger partial charge in [0, 0.05) is 24.5 Å². The van der Waals surface area contributed by atoms with Gasteiger partial charge >= 0.3 is 5.97 Å². The minimum atomic E-state index is -0.934. The van der Waals surface area contributed by atoms with Gasteiger partial charge in [-0.2, -0.15) is 4.91 Å². The summed E-state index contributed by atoms with van der Waals surface area (Å²) in [4.78, 5) is 42.4. The highest BCUT2D eigenvalue weighted by atomic mass is 16.6. The lowest BCUT2D eigenvalue weighted by Gasteiger charge is -2.31. The molecule has 2 unspecified atom stereocenters. The number of carbonyl (C=O) groups is 1. The molecule has 0 saturated carbocycles. The van der Waals surface area contributed by atoms with Crippen LogP contribution in [-0.2, 0) is 9.53 Å². The second kappa shape index (κ2) is 7.21. The maximum Gasteiger partial charge on any atom is 0.317 e. The Morgan fingerprint density at radius 1 is 1.46 bits per heavy atom. The summed E-state index contributed by atoms with van der Waals surface area (Å²) in [7, 11) is 0. The van der Waals surface area contributed by atoms with E-state index in [0.29, 0.717) is 11.5 Å². The average molecular weight is 357 g/mol. The molecule has 3 rings (SSSR count). The molecule has 134 valence electrons. The van der Waals surface area contributed by atoms with E-state index in [2.05, 4.69) is 15.2 Å². The molecular weight excluding hydrogens is 342 g/mol. The number of nitrogens with zero attached hydrogens (tertiary/aromatic N) is 5. The molecule has 2 atom stereocenters. The number of rotatable bonds is 6. The number of fused-ring (bicyclic) bond motifs is 1. The zero-order valence-electron chi connectivity index (χ0n) is 13.8. The summed E-state index contributed by atoms with van der Waals surface area (Å²) in [6.45, 7) is 1.51. The van der Waals surface area contributed by atoms with Crippen molar-refractivity contribution >= 4 is 23.3 Å². The van der Waals surface area contributed by atoms with Gasteiger partial charge in [-0.05, 0) is 12.5 Å². The van der Waals surface area contributed by atoms with E-state index in [1.807, 2.05) is 0 Å². The first-order valence-corrected chi connectivity index (χ1v) is 7.87. The van der Waals surface area contributed by atoms with Crippen molar-refractivity contribution in [2.24, 2.45) is 16.1 Å². The van der Waals surface area contributed by atoms with Gasteiger partial charge in [0.25, 0.3) is 5.69 Å². The molecule has 1 aliphatic heterocycles. The number of imidazole rings is 1. The number of nitroso groups, excluding NO2 is 1. The molecule has 0 radical (unpaired) electrons. The van der Waals surface area contributed by atoms with Gasteiger partial charge in [-0.15, -0.1) is 0 Å². The smallest absolute Gasteiger partial charge is 0.317 e. The van der Waals surface area contributed by atoms with Crippen molar-refractivity contribution < 1.29 is 14.5 Å². The number of esters is 1. The zero-order valence-corrected chi connectivity index (χ0v) is 13.8. The average Bonchev–Trinajstić information content (AvgIpc) is 3.09. The highest BCUT2D eigenvalue weighted by molar-refractivity contribution is 6.05. The van der Waals surface area contributed by atoms with Gasteiger partial charge in [0.1, 0.15) is 12.5 Å². The Bertz CT molecular complexity index is 891. The third kappa shape index (κ3) is 3.08. The summed E-state index contributed by atoms with van der Waals surface area (Å²) < 4.78 is 6.78. The maximum absolute atomic E-state index is 12.6. The fraction of sp³-hybridized carbons (Fsp3) is 0.312. The third-order valence-corrected chi connectivity index (χ3v) is 4.06. The van der Waals surface area contributed by atoms with Gasteiger partial charge < -0.3 is 9.30 Å². The van der Waals surface area contributed by atoms with Crippen LogP contribution in [-0.4, -0.2) is 39.3 Å². The van der Waals surface area contributed by atoms with Crippen LogP contribution >= 0.6 is 0 Å². The lowest BCUT2D eigenvalue weighted by atomic mass is 9.87. The van der Waals surface area contributed by atoms with E-state index in [0.717, 1.165) is 0 Å². The molecule has 2 aromatic rings. The van der Waals surface area contributed by atoms with Gasteiger partial charge in [0.15, 0.2) is 0 Å². The summed E-state index contributed by atoms with van der Waals surface area (Å²) in [6.07, 6.45) is 3.13. The van der Waals surface area contributed by atoms with E-state index in [9.17, 15) is 19.8 Å². The fourth-order valence-electron chi connectivity index (χ4n) is 3.02. The topological polar surface area (TPSA) is 129 Å².